The van der Waals surface area contributed by atoms with E-state index in [0.717, 1.165) is 0 Å². The fourth-order valence-electron chi connectivity index (χ4n) is 0. The molecule has 0 atom stereocenters. The van der Waals surface area contributed by atoms with Crippen LogP contribution in [-0.4, -0.2) is 5.17 Å². The molecule has 0 amide bonds. The Labute approximate surface area is 35.4 Å². The molecular formula is CH3N3S-2. The van der Waals surface area contributed by atoms with Crippen LogP contribution in [0.2, 0.25) is 0 Å². The third-order valence-electron chi connectivity index (χ3n) is 0.117. The highest BCUT2D eigenvalue weighted by Gasteiger charge is 1.36. The average molecular weight is 89.1 g/mol. The highest BCUT2D eigenvalue weighted by atomic mass is 32.1. The molecule has 0 aromatic rings. The summed E-state index contributed by atoms with van der Waals surface area (Å²) in [4.78, 5) is 0. The zero-order valence-corrected chi connectivity index (χ0v) is 3.25. The number of hydrogen-bond acceptors (Lipinski definition) is 3. The minimum Gasteiger partial charge on any atom is -0.788 e. The molecule has 0 heterocycles. The van der Waals surface area contributed by atoms with E-state index in [4.69, 9.17) is 5.41 Å². The summed E-state index contributed by atoms with van der Waals surface area (Å²) in [6, 6.07) is 0. The molecule has 4 heteroatoms. The lowest BCUT2D eigenvalue weighted by atomic mass is 11.3. The summed E-state index contributed by atoms with van der Waals surface area (Å²) in [5.41, 5.74) is 2.79. The number of amidine groups is 1. The van der Waals surface area contributed by atoms with Gasteiger partial charge in [-0.3, -0.25) is 0 Å². The molecule has 0 radical (unpaired) electrons. The van der Waals surface area contributed by atoms with Crippen molar-refractivity contribution in [2.24, 2.45) is 5.84 Å². The molecule has 0 aromatic carbocycles. The van der Waals surface area contributed by atoms with Gasteiger partial charge in [-0.1, -0.05) is 0 Å². The molecule has 0 unspecified atom stereocenters. The van der Waals surface area contributed by atoms with Crippen molar-refractivity contribution in [2.45, 2.75) is 0 Å². The predicted molar refractivity (Wildman–Crippen MR) is 22.6 cm³/mol. The Morgan fingerprint density at radius 3 is 2.20 bits per heavy atom. The first-order chi connectivity index (χ1) is 2.27. The second kappa shape index (κ2) is 1.92. The molecule has 0 rings (SSSR count). The number of rotatable bonds is 0. The van der Waals surface area contributed by atoms with Gasteiger partial charge in [-0.15, -0.1) is 0 Å². The van der Waals surface area contributed by atoms with Gasteiger partial charge in [0.25, 0.3) is 0 Å². The summed E-state index contributed by atoms with van der Waals surface area (Å²) in [6.45, 7) is 0. The molecule has 0 fully saturated rings. The maximum absolute atomic E-state index is 6.27. The van der Waals surface area contributed by atoms with Gasteiger partial charge in [0.1, 0.15) is 0 Å². The van der Waals surface area contributed by atoms with Crippen LogP contribution >= 0.6 is 0 Å². The number of nitrogens with two attached hydrogens (primary N) is 1. The smallest absolute Gasteiger partial charge is 0.211 e. The SMILES string of the molecule is N=C([S-])[N-]N. The fraction of sp³-hybridized carbons (Fsp3) is 0. The highest BCUT2D eigenvalue weighted by molar-refractivity contribution is 7.77. The third kappa shape index (κ3) is 3.65. The average Bonchev–Trinajstić information content (AvgIpc) is 1.38. The molecule has 3 nitrogen and oxygen atoms in total. The topological polar surface area (TPSA) is 64.0 Å². The van der Waals surface area contributed by atoms with Crippen molar-refractivity contribution < 1.29 is 0 Å². The molecule has 0 aliphatic heterocycles. The molecule has 0 aromatic heterocycles. The molecule has 0 bridgehead atoms. The minimum absolute atomic E-state index is 0.259. The molecule has 0 spiro atoms. The van der Waals surface area contributed by atoms with Gasteiger partial charge in [-0.05, 0) is 0 Å². The molecule has 5 heavy (non-hydrogen) atoms. The van der Waals surface area contributed by atoms with E-state index < -0.39 is 0 Å². The van der Waals surface area contributed by atoms with E-state index in [-0.39, 0.29) is 5.17 Å². The van der Waals surface area contributed by atoms with Crippen molar-refractivity contribution >= 4 is 17.8 Å². The van der Waals surface area contributed by atoms with Crippen molar-refractivity contribution in [3.05, 3.63) is 5.43 Å². The Hall–Kier alpha value is -0.350. The summed E-state index contributed by atoms with van der Waals surface area (Å²) in [5, 5.41) is 6.01. The predicted octanol–water partition coefficient (Wildman–Crippen LogP) is -0.285. The van der Waals surface area contributed by atoms with Gasteiger partial charge >= 0.3 is 0 Å². The number of nitrogens with zero attached hydrogens (tertiary/aromatic N) is 1. The lowest BCUT2D eigenvalue weighted by molar-refractivity contribution is 1.47. The zero-order chi connectivity index (χ0) is 4.28. The van der Waals surface area contributed by atoms with E-state index in [9.17, 15) is 0 Å². The lowest BCUT2D eigenvalue weighted by Crippen LogP contribution is -1.93. The van der Waals surface area contributed by atoms with Gasteiger partial charge in [-0.2, -0.15) is 0 Å². The van der Waals surface area contributed by atoms with E-state index in [2.05, 4.69) is 23.9 Å². The molecule has 0 aliphatic carbocycles. The molecular weight excluding hydrogens is 86.1 g/mol. The standard InChI is InChI=1S/CH4N3S/c2-1(5)4-3/h3H2,(H2-,2,4,5)/q-1/p-1. The van der Waals surface area contributed by atoms with Gasteiger partial charge in [0.15, 0.2) is 0 Å². The number of nitrogens with one attached hydrogen (secondary N) is 1. The van der Waals surface area contributed by atoms with E-state index >= 15 is 0 Å². The van der Waals surface area contributed by atoms with Gasteiger partial charge in [0.05, 0.1) is 0 Å². The Morgan fingerprint density at radius 1 is 2.00 bits per heavy atom. The molecule has 30 valence electrons. The van der Waals surface area contributed by atoms with Crippen LogP contribution < -0.4 is 5.84 Å². The van der Waals surface area contributed by atoms with Crippen LogP contribution in [0, 0.1) is 5.41 Å². The van der Waals surface area contributed by atoms with Gasteiger partial charge in [0, 0.05) is 0 Å². The summed E-state index contributed by atoms with van der Waals surface area (Å²) in [7, 11) is 0. The van der Waals surface area contributed by atoms with Crippen LogP contribution in [0.3, 0.4) is 0 Å². The Bertz CT molecular complexity index is 42.2. The van der Waals surface area contributed by atoms with E-state index in [1.807, 2.05) is 0 Å². The van der Waals surface area contributed by atoms with Crippen molar-refractivity contribution in [1.29, 1.82) is 5.41 Å². The normalized spacial score (nSPS) is 6.60. The van der Waals surface area contributed by atoms with E-state index in [1.165, 1.54) is 0 Å². The zero-order valence-electron chi connectivity index (χ0n) is 2.43. The minimum atomic E-state index is -0.259. The van der Waals surface area contributed by atoms with Crippen molar-refractivity contribution in [2.75, 3.05) is 0 Å². The van der Waals surface area contributed by atoms with Crippen LogP contribution in [0.5, 0.6) is 0 Å². The van der Waals surface area contributed by atoms with Gasteiger partial charge in [-0.25, -0.2) is 5.17 Å². The maximum atomic E-state index is 6.27. The van der Waals surface area contributed by atoms with E-state index in [1.54, 1.807) is 0 Å². The van der Waals surface area contributed by atoms with Gasteiger partial charge < -0.3 is 29.3 Å². The van der Waals surface area contributed by atoms with Crippen LogP contribution in [0.4, 0.5) is 0 Å². The fourth-order valence-corrected chi connectivity index (χ4v) is 0. The van der Waals surface area contributed by atoms with Gasteiger partial charge in [0.2, 0.25) is 0 Å². The summed E-state index contributed by atoms with van der Waals surface area (Å²) >= 11 is 4.07. The molecule has 3 N–H and O–H groups in total. The first-order valence-corrected chi connectivity index (χ1v) is 1.34. The molecule has 0 saturated carbocycles. The maximum Gasteiger partial charge on any atom is -0.211 e. The van der Waals surface area contributed by atoms with Crippen LogP contribution in [0.25, 0.3) is 5.43 Å². The van der Waals surface area contributed by atoms with Crippen LogP contribution in [0.1, 0.15) is 0 Å². The van der Waals surface area contributed by atoms with Crippen molar-refractivity contribution in [1.82, 2.24) is 0 Å². The van der Waals surface area contributed by atoms with Crippen molar-refractivity contribution in [3.63, 3.8) is 0 Å². The molecule has 0 saturated heterocycles. The second-order valence-electron chi connectivity index (χ2n) is 0.434. The lowest BCUT2D eigenvalue weighted by Gasteiger charge is -2.13. The first kappa shape index (κ1) is 4.65. The molecule has 0 aliphatic rings. The summed E-state index contributed by atoms with van der Waals surface area (Å²) in [5.74, 6) is 4.47. The largest absolute Gasteiger partial charge is 0.788 e. The second-order valence-corrected chi connectivity index (χ2v) is 0.821. The van der Waals surface area contributed by atoms with Crippen molar-refractivity contribution in [3.8, 4) is 0 Å². The summed E-state index contributed by atoms with van der Waals surface area (Å²) in [6.07, 6.45) is 0. The third-order valence-corrected chi connectivity index (χ3v) is 0.223. The Morgan fingerprint density at radius 2 is 2.20 bits per heavy atom. The Kier molecular flexibility index (Phi) is 1.79. The quantitative estimate of drug-likeness (QED) is 0.141. The van der Waals surface area contributed by atoms with E-state index in [0.29, 0.717) is 0 Å². The highest BCUT2D eigenvalue weighted by Crippen LogP contribution is 1.66. The summed E-state index contributed by atoms with van der Waals surface area (Å²) < 4.78 is 0. The first-order valence-electron chi connectivity index (χ1n) is 0.936. The Balaban J connectivity index is 2.85. The van der Waals surface area contributed by atoms with Crippen LogP contribution in [-0.2, 0) is 12.6 Å². The monoisotopic (exact) mass is 89.0 g/mol. The number of hydrogen-bond donors (Lipinski definition) is 2. The van der Waals surface area contributed by atoms with Crippen LogP contribution in [0.15, 0.2) is 0 Å².